The Morgan fingerprint density at radius 1 is 1.29 bits per heavy atom. The molecule has 28 heavy (non-hydrogen) atoms. The Labute approximate surface area is 167 Å². The van der Waals surface area contributed by atoms with Crippen LogP contribution in [0, 0.1) is 11.3 Å². The normalized spacial score (nSPS) is 22.4. The van der Waals surface area contributed by atoms with E-state index in [1.165, 1.54) is 27.8 Å². The zero-order chi connectivity index (χ0) is 19.7. The predicted octanol–water partition coefficient (Wildman–Crippen LogP) is 4.88. The van der Waals surface area contributed by atoms with Crippen LogP contribution in [0.3, 0.4) is 0 Å². The molecule has 1 aromatic rings. The second-order valence-electron chi connectivity index (χ2n) is 8.90. The monoisotopic (exact) mass is 375 g/mol. The maximum atomic E-state index is 12.5. The molecule has 3 nitrogen and oxygen atoms in total. The van der Waals surface area contributed by atoms with E-state index in [0.717, 1.165) is 38.0 Å². The average Bonchev–Trinajstić information content (AvgIpc) is 3.14. The molecule has 0 aromatic heterocycles. The van der Waals surface area contributed by atoms with Crippen LogP contribution in [-0.2, 0) is 28.8 Å². The molecule has 0 unspecified atom stereocenters. The largest absolute Gasteiger partial charge is 0.494 e. The molecule has 0 saturated carbocycles. The van der Waals surface area contributed by atoms with Gasteiger partial charge in [0.2, 0.25) is 5.91 Å². The molecule has 146 valence electrons. The second kappa shape index (κ2) is 7.46. The van der Waals surface area contributed by atoms with Gasteiger partial charge in [0.25, 0.3) is 0 Å². The molecule has 0 spiro atoms. The summed E-state index contributed by atoms with van der Waals surface area (Å²) in [7, 11) is 0. The lowest BCUT2D eigenvalue weighted by molar-refractivity contribution is -0.122. The van der Waals surface area contributed by atoms with Gasteiger partial charge in [-0.25, -0.2) is 0 Å². The maximum absolute atomic E-state index is 12.5. The van der Waals surface area contributed by atoms with E-state index < -0.39 is 0 Å². The van der Waals surface area contributed by atoms with E-state index in [0.29, 0.717) is 12.3 Å². The van der Waals surface area contributed by atoms with Gasteiger partial charge in [-0.05, 0) is 65.0 Å². The van der Waals surface area contributed by atoms with Gasteiger partial charge in [0.15, 0.2) is 0 Å². The molecule has 0 saturated heterocycles. The number of hydrogen-bond acceptors (Lipinski definition) is 2. The highest BCUT2D eigenvalue weighted by Crippen LogP contribution is 2.42. The van der Waals surface area contributed by atoms with Gasteiger partial charge in [0, 0.05) is 19.0 Å². The molecule has 4 rings (SSSR count). The summed E-state index contributed by atoms with van der Waals surface area (Å²) in [6, 6.07) is 4.70. The van der Waals surface area contributed by atoms with Gasteiger partial charge < -0.3 is 10.1 Å². The van der Waals surface area contributed by atoms with Crippen LogP contribution in [0.15, 0.2) is 54.5 Å². The highest BCUT2D eigenvalue weighted by molar-refractivity contribution is 5.77. The minimum atomic E-state index is 0.0746. The Morgan fingerprint density at radius 2 is 2.14 bits per heavy atom. The zero-order valence-corrected chi connectivity index (χ0v) is 16.9. The SMILES string of the molecule is C=C1C=Cc2cc3c(cc2C1)CC(C)(C)[C@H](CC(=O)N/C=C/C1=CCCO1)C3. The van der Waals surface area contributed by atoms with E-state index in [2.05, 4.69) is 50.0 Å². The van der Waals surface area contributed by atoms with Gasteiger partial charge in [0.05, 0.1) is 6.61 Å². The molecular weight excluding hydrogens is 346 g/mol. The third-order valence-electron chi connectivity index (χ3n) is 6.25. The Bertz CT molecular complexity index is 901. The molecule has 2 aliphatic carbocycles. The first-order valence-corrected chi connectivity index (χ1v) is 10.2. The highest BCUT2D eigenvalue weighted by Gasteiger charge is 2.36. The highest BCUT2D eigenvalue weighted by atomic mass is 16.5. The Kier molecular flexibility index (Phi) is 5.01. The number of amides is 1. The van der Waals surface area contributed by atoms with Crippen LogP contribution < -0.4 is 5.32 Å². The van der Waals surface area contributed by atoms with Crippen LogP contribution in [0.1, 0.15) is 48.9 Å². The fourth-order valence-corrected chi connectivity index (χ4v) is 4.51. The number of carbonyl (C=O) groups excluding carboxylic acids is 1. The summed E-state index contributed by atoms with van der Waals surface area (Å²) < 4.78 is 5.42. The summed E-state index contributed by atoms with van der Waals surface area (Å²) in [4.78, 5) is 12.5. The van der Waals surface area contributed by atoms with Crippen molar-refractivity contribution in [3.63, 3.8) is 0 Å². The molecule has 3 aliphatic rings. The molecule has 1 aromatic carbocycles. The minimum Gasteiger partial charge on any atom is -0.494 e. The van der Waals surface area contributed by atoms with Crippen molar-refractivity contribution < 1.29 is 9.53 Å². The summed E-state index contributed by atoms with van der Waals surface area (Å²) in [6.45, 7) is 9.41. The number of rotatable bonds is 4. The Morgan fingerprint density at radius 3 is 2.93 bits per heavy atom. The Balaban J connectivity index is 1.45. The van der Waals surface area contributed by atoms with E-state index in [4.69, 9.17) is 4.74 Å². The van der Waals surface area contributed by atoms with Crippen molar-refractivity contribution in [1.82, 2.24) is 5.32 Å². The molecule has 0 bridgehead atoms. The fraction of sp³-hybridized carbons (Fsp3) is 0.400. The lowest BCUT2D eigenvalue weighted by Gasteiger charge is -2.40. The van der Waals surface area contributed by atoms with Crippen molar-refractivity contribution in [1.29, 1.82) is 0 Å². The summed E-state index contributed by atoms with van der Waals surface area (Å²) in [6.07, 6.45) is 14.3. The molecule has 3 heteroatoms. The minimum absolute atomic E-state index is 0.0746. The number of carbonyl (C=O) groups is 1. The topological polar surface area (TPSA) is 38.3 Å². The molecular formula is C25H29NO2. The van der Waals surface area contributed by atoms with Crippen LogP contribution in [0.5, 0.6) is 0 Å². The van der Waals surface area contributed by atoms with Crippen molar-refractivity contribution in [2.45, 2.75) is 46.0 Å². The molecule has 1 N–H and O–H groups in total. The zero-order valence-electron chi connectivity index (χ0n) is 16.9. The van der Waals surface area contributed by atoms with Crippen molar-refractivity contribution in [3.8, 4) is 0 Å². The Hall–Kier alpha value is -2.55. The number of ether oxygens (including phenoxy) is 1. The lowest BCUT2D eigenvalue weighted by atomic mass is 9.65. The summed E-state index contributed by atoms with van der Waals surface area (Å²) in [5.74, 6) is 1.24. The molecule has 0 fully saturated rings. The third kappa shape index (κ3) is 3.99. The van der Waals surface area contributed by atoms with Crippen LogP contribution >= 0.6 is 0 Å². The summed E-state index contributed by atoms with van der Waals surface area (Å²) in [5, 5.41) is 2.91. The quantitative estimate of drug-likeness (QED) is 0.815. The fourth-order valence-electron chi connectivity index (χ4n) is 4.51. The van der Waals surface area contributed by atoms with Gasteiger partial charge in [-0.1, -0.05) is 50.3 Å². The molecule has 1 atom stereocenters. The van der Waals surface area contributed by atoms with E-state index in [9.17, 15) is 4.79 Å². The van der Waals surface area contributed by atoms with Gasteiger partial charge in [0.1, 0.15) is 5.76 Å². The molecule has 0 radical (unpaired) electrons. The van der Waals surface area contributed by atoms with Gasteiger partial charge in [-0.3, -0.25) is 4.79 Å². The van der Waals surface area contributed by atoms with Crippen LogP contribution in [-0.4, -0.2) is 12.5 Å². The van der Waals surface area contributed by atoms with Crippen LogP contribution in [0.4, 0.5) is 0 Å². The van der Waals surface area contributed by atoms with E-state index in [-0.39, 0.29) is 11.3 Å². The van der Waals surface area contributed by atoms with Crippen molar-refractivity contribution >= 4 is 12.0 Å². The van der Waals surface area contributed by atoms with Crippen molar-refractivity contribution in [2.24, 2.45) is 11.3 Å². The average molecular weight is 376 g/mol. The molecule has 1 heterocycles. The third-order valence-corrected chi connectivity index (χ3v) is 6.25. The number of allylic oxidation sites excluding steroid dienone is 3. The first-order chi connectivity index (χ1) is 13.4. The number of benzene rings is 1. The first-order valence-electron chi connectivity index (χ1n) is 10.2. The maximum Gasteiger partial charge on any atom is 0.224 e. The van der Waals surface area contributed by atoms with E-state index in [1.54, 1.807) is 6.20 Å². The van der Waals surface area contributed by atoms with E-state index in [1.807, 2.05) is 12.2 Å². The smallest absolute Gasteiger partial charge is 0.224 e. The van der Waals surface area contributed by atoms with Crippen LogP contribution in [0.25, 0.3) is 6.08 Å². The second-order valence-corrected chi connectivity index (χ2v) is 8.90. The standard InChI is InChI=1S/C25H29NO2/c1-17-6-7-18-12-20-14-22(25(2,3)16-21(20)13-19(18)11-17)15-24(27)26-9-8-23-5-4-10-28-23/h5-9,12-13,22H,1,4,10-11,14-16H2,2-3H3,(H,26,27)/b9-8+/t22-/m0/s1. The van der Waals surface area contributed by atoms with Crippen molar-refractivity contribution in [2.75, 3.05) is 6.61 Å². The van der Waals surface area contributed by atoms with Gasteiger partial charge in [-0.15, -0.1) is 0 Å². The summed E-state index contributed by atoms with van der Waals surface area (Å²) in [5.41, 5.74) is 6.79. The molecule has 1 amide bonds. The van der Waals surface area contributed by atoms with Gasteiger partial charge >= 0.3 is 0 Å². The predicted molar refractivity (Wildman–Crippen MR) is 114 cm³/mol. The van der Waals surface area contributed by atoms with E-state index >= 15 is 0 Å². The molecule has 1 aliphatic heterocycles. The van der Waals surface area contributed by atoms with Gasteiger partial charge in [-0.2, -0.15) is 0 Å². The number of fused-ring (bicyclic) bond motifs is 2. The number of nitrogens with one attached hydrogen (secondary N) is 1. The summed E-state index contributed by atoms with van der Waals surface area (Å²) >= 11 is 0. The lowest BCUT2D eigenvalue weighted by Crippen LogP contribution is -2.36. The van der Waals surface area contributed by atoms with Crippen molar-refractivity contribution in [3.05, 3.63) is 76.7 Å². The first kappa shape index (κ1) is 18.8. The number of hydrogen-bond donors (Lipinski definition) is 1. The van der Waals surface area contributed by atoms with Crippen LogP contribution in [0.2, 0.25) is 0 Å².